The Morgan fingerprint density at radius 3 is 2.44 bits per heavy atom. The molecule has 0 amide bonds. The zero-order valence-electron chi connectivity index (χ0n) is 9.02. The number of pyridine rings is 1. The van der Waals surface area contributed by atoms with Gasteiger partial charge in [0.05, 0.1) is 9.95 Å². The molecule has 0 saturated heterocycles. The normalized spacial score (nSPS) is 9.50. The van der Waals surface area contributed by atoms with Gasteiger partial charge in [-0.2, -0.15) is 5.16 Å². The first-order valence-corrected chi connectivity index (χ1v) is 5.26. The van der Waals surface area contributed by atoms with Crippen LogP contribution in [0.4, 0.5) is 5.69 Å². The topological polar surface area (TPSA) is 102 Å². The standard InChI is InChI=1S/C5H2Cl2N2O2.C4H5NO2/c6-3-1-4(9(10)11)5(7)8-2-3;1-3-2-4(6)5-7-3/h1-2H;2H,1H3,(H,5,6). The zero-order valence-corrected chi connectivity index (χ0v) is 10.5. The summed E-state index contributed by atoms with van der Waals surface area (Å²) >= 11 is 10.8. The van der Waals surface area contributed by atoms with Gasteiger partial charge in [0.2, 0.25) is 5.15 Å². The number of aromatic nitrogens is 2. The summed E-state index contributed by atoms with van der Waals surface area (Å²) in [4.78, 5) is 23.2. The van der Waals surface area contributed by atoms with E-state index in [9.17, 15) is 14.9 Å². The first kappa shape index (κ1) is 14.2. The number of aryl methyl sites for hydroxylation is 1. The molecule has 0 atom stereocenters. The van der Waals surface area contributed by atoms with Crippen LogP contribution in [0, 0.1) is 17.0 Å². The van der Waals surface area contributed by atoms with Crippen molar-refractivity contribution in [3.05, 3.63) is 54.7 Å². The minimum Gasteiger partial charge on any atom is -0.384 e. The molecule has 0 radical (unpaired) electrons. The van der Waals surface area contributed by atoms with E-state index in [0.717, 1.165) is 6.07 Å². The second-order valence-corrected chi connectivity index (χ2v) is 3.84. The van der Waals surface area contributed by atoms with Crippen LogP contribution in [0.15, 0.2) is 27.6 Å². The van der Waals surface area contributed by atoms with Crippen LogP contribution in [0.25, 0.3) is 0 Å². The summed E-state index contributed by atoms with van der Waals surface area (Å²) < 4.78 is 4.53. The lowest BCUT2D eigenvalue weighted by Crippen LogP contribution is -1.92. The molecule has 0 aliphatic rings. The Morgan fingerprint density at radius 2 is 2.11 bits per heavy atom. The molecular weight excluding hydrogens is 285 g/mol. The van der Waals surface area contributed by atoms with E-state index >= 15 is 0 Å². The average Bonchev–Trinajstić information content (AvgIpc) is 2.66. The first-order chi connectivity index (χ1) is 8.40. The van der Waals surface area contributed by atoms with E-state index < -0.39 is 4.92 Å². The number of nitrogens with zero attached hydrogens (tertiary/aromatic N) is 2. The molecule has 0 spiro atoms. The van der Waals surface area contributed by atoms with Crippen molar-refractivity contribution in [3.63, 3.8) is 0 Å². The SMILES string of the molecule is Cc1cc(=O)[nH]o1.O=[N+]([O-])c1cc(Cl)cnc1Cl. The Morgan fingerprint density at radius 1 is 1.44 bits per heavy atom. The van der Waals surface area contributed by atoms with Crippen molar-refractivity contribution in [2.24, 2.45) is 0 Å². The van der Waals surface area contributed by atoms with Crippen molar-refractivity contribution in [2.45, 2.75) is 6.92 Å². The molecule has 0 saturated carbocycles. The molecule has 2 heterocycles. The highest BCUT2D eigenvalue weighted by molar-refractivity contribution is 6.33. The second kappa shape index (κ2) is 6.18. The number of rotatable bonds is 1. The van der Waals surface area contributed by atoms with Gasteiger partial charge in [-0.1, -0.05) is 23.2 Å². The minimum atomic E-state index is -0.638. The molecule has 2 aromatic heterocycles. The maximum absolute atomic E-state index is 10.2. The molecular formula is C9H7Cl2N3O4. The minimum absolute atomic E-state index is 0.153. The van der Waals surface area contributed by atoms with E-state index in [1.807, 2.05) is 0 Å². The van der Waals surface area contributed by atoms with E-state index in [4.69, 9.17) is 23.2 Å². The maximum atomic E-state index is 10.2. The molecule has 0 bridgehead atoms. The molecule has 7 nitrogen and oxygen atoms in total. The van der Waals surface area contributed by atoms with Crippen LogP contribution in [0.1, 0.15) is 5.76 Å². The predicted octanol–water partition coefficient (Wildman–Crippen LogP) is 2.57. The Labute approximate surface area is 110 Å². The van der Waals surface area contributed by atoms with Gasteiger partial charge in [0.1, 0.15) is 5.76 Å². The van der Waals surface area contributed by atoms with Gasteiger partial charge in [0, 0.05) is 18.3 Å². The number of hydrogen-bond acceptors (Lipinski definition) is 5. The molecule has 9 heteroatoms. The largest absolute Gasteiger partial charge is 0.384 e. The van der Waals surface area contributed by atoms with E-state index in [1.165, 1.54) is 12.3 Å². The third-order valence-electron chi connectivity index (χ3n) is 1.63. The van der Waals surface area contributed by atoms with Gasteiger partial charge in [-0.25, -0.2) is 4.98 Å². The van der Waals surface area contributed by atoms with Crippen LogP contribution in [0.3, 0.4) is 0 Å². The Balaban J connectivity index is 0.000000199. The molecule has 2 rings (SSSR count). The van der Waals surface area contributed by atoms with Crippen molar-refractivity contribution in [1.82, 2.24) is 10.1 Å². The van der Waals surface area contributed by atoms with Gasteiger partial charge >= 0.3 is 5.69 Å². The zero-order chi connectivity index (χ0) is 13.7. The molecule has 0 unspecified atom stereocenters. The average molecular weight is 292 g/mol. The third-order valence-corrected chi connectivity index (χ3v) is 2.13. The Bertz CT molecular complexity index is 608. The van der Waals surface area contributed by atoms with Crippen LogP contribution < -0.4 is 5.56 Å². The number of aromatic amines is 1. The fourth-order valence-corrected chi connectivity index (χ4v) is 1.24. The Hall–Kier alpha value is -1.86. The molecule has 96 valence electrons. The summed E-state index contributed by atoms with van der Waals surface area (Å²) in [5, 5.41) is 12.4. The number of halogens is 2. The molecule has 0 aliphatic heterocycles. The van der Waals surface area contributed by atoms with Gasteiger partial charge in [-0.3, -0.25) is 14.9 Å². The van der Waals surface area contributed by atoms with E-state index in [2.05, 4.69) is 14.7 Å². The monoisotopic (exact) mass is 291 g/mol. The van der Waals surface area contributed by atoms with Crippen molar-refractivity contribution < 1.29 is 9.45 Å². The van der Waals surface area contributed by atoms with E-state index in [-0.39, 0.29) is 21.4 Å². The van der Waals surface area contributed by atoms with E-state index in [0.29, 0.717) is 5.76 Å². The number of nitro groups is 1. The molecule has 0 aromatic carbocycles. The highest BCUT2D eigenvalue weighted by Crippen LogP contribution is 2.24. The molecule has 1 N–H and O–H groups in total. The maximum Gasteiger partial charge on any atom is 0.307 e. The highest BCUT2D eigenvalue weighted by atomic mass is 35.5. The van der Waals surface area contributed by atoms with Crippen LogP contribution in [0.2, 0.25) is 10.2 Å². The lowest BCUT2D eigenvalue weighted by molar-refractivity contribution is -0.385. The summed E-state index contributed by atoms with van der Waals surface area (Å²) in [6.45, 7) is 1.71. The number of hydrogen-bond donors (Lipinski definition) is 1. The predicted molar refractivity (Wildman–Crippen MR) is 65.0 cm³/mol. The second-order valence-electron chi connectivity index (χ2n) is 3.04. The number of nitrogens with one attached hydrogen (secondary N) is 1. The molecule has 2 aromatic rings. The van der Waals surface area contributed by atoms with Crippen molar-refractivity contribution in [3.8, 4) is 0 Å². The van der Waals surface area contributed by atoms with Crippen molar-refractivity contribution >= 4 is 28.9 Å². The molecule has 18 heavy (non-hydrogen) atoms. The molecule has 0 fully saturated rings. The molecule has 0 aliphatic carbocycles. The lowest BCUT2D eigenvalue weighted by Gasteiger charge is -1.92. The summed E-state index contributed by atoms with van der Waals surface area (Å²) in [6, 6.07) is 2.54. The van der Waals surface area contributed by atoms with Crippen molar-refractivity contribution in [2.75, 3.05) is 0 Å². The summed E-state index contributed by atoms with van der Waals surface area (Å²) in [5.74, 6) is 0.616. The van der Waals surface area contributed by atoms with Gasteiger partial charge < -0.3 is 4.52 Å². The van der Waals surface area contributed by atoms with Gasteiger partial charge in [0.25, 0.3) is 5.56 Å². The summed E-state index contributed by atoms with van der Waals surface area (Å²) in [5.41, 5.74) is -0.461. The third kappa shape index (κ3) is 4.19. The Kier molecular flexibility index (Phi) is 4.87. The van der Waals surface area contributed by atoms with E-state index in [1.54, 1.807) is 6.92 Å². The fourth-order valence-electron chi connectivity index (χ4n) is 0.914. The van der Waals surface area contributed by atoms with Crippen LogP contribution in [-0.2, 0) is 0 Å². The summed E-state index contributed by atoms with van der Waals surface area (Å²) in [7, 11) is 0. The lowest BCUT2D eigenvalue weighted by atomic mass is 10.4. The van der Waals surface area contributed by atoms with Crippen LogP contribution in [0.5, 0.6) is 0 Å². The van der Waals surface area contributed by atoms with Crippen LogP contribution in [-0.4, -0.2) is 15.1 Å². The fraction of sp³-hybridized carbons (Fsp3) is 0.111. The van der Waals surface area contributed by atoms with Gasteiger partial charge in [-0.15, -0.1) is 0 Å². The van der Waals surface area contributed by atoms with Gasteiger partial charge in [0.15, 0.2) is 0 Å². The summed E-state index contributed by atoms with van der Waals surface area (Å²) in [6.07, 6.45) is 1.25. The first-order valence-electron chi connectivity index (χ1n) is 4.50. The number of H-pyrrole nitrogens is 1. The van der Waals surface area contributed by atoms with Gasteiger partial charge in [-0.05, 0) is 6.92 Å². The quantitative estimate of drug-likeness (QED) is 0.494. The van der Waals surface area contributed by atoms with Crippen molar-refractivity contribution in [1.29, 1.82) is 0 Å². The van der Waals surface area contributed by atoms with Crippen LogP contribution >= 0.6 is 23.2 Å². The highest BCUT2D eigenvalue weighted by Gasteiger charge is 2.12. The smallest absolute Gasteiger partial charge is 0.307 e.